The predicted octanol–water partition coefficient (Wildman–Crippen LogP) is 5.87. The highest BCUT2D eigenvalue weighted by atomic mass is 19.3. The molecule has 0 aromatic heterocycles. The van der Waals surface area contributed by atoms with Crippen LogP contribution < -0.4 is 9.47 Å². The number of esters is 2. The summed E-state index contributed by atoms with van der Waals surface area (Å²) in [5.74, 6) is -45.6. The van der Waals surface area contributed by atoms with Gasteiger partial charge in [0.15, 0.2) is 23.3 Å². The lowest BCUT2D eigenvalue weighted by molar-refractivity contribution is -0.228. The van der Waals surface area contributed by atoms with Crippen LogP contribution in [0.25, 0.3) is 12.2 Å². The Morgan fingerprint density at radius 3 is 0.944 bits per heavy atom. The molecule has 4 nitrogen and oxygen atoms in total. The summed E-state index contributed by atoms with van der Waals surface area (Å²) < 4.78 is 172. The van der Waals surface area contributed by atoms with Crippen molar-refractivity contribution in [3.05, 3.63) is 70.8 Å². The summed E-state index contributed by atoms with van der Waals surface area (Å²) in [5, 5.41) is 0. The smallest absolute Gasteiger partial charge is 0.415 e. The molecule has 2 aromatic carbocycles. The van der Waals surface area contributed by atoms with Gasteiger partial charge in [-0.2, -0.15) is 35.1 Å². The van der Waals surface area contributed by atoms with Gasteiger partial charge in [-0.3, -0.25) is 0 Å². The Kier molecular flexibility index (Phi) is 7.52. The highest BCUT2D eigenvalue weighted by Gasteiger charge is 2.70. The lowest BCUT2D eigenvalue weighted by Gasteiger charge is -2.23. The number of hydrogen-bond donors (Lipinski definition) is 0. The molecule has 0 fully saturated rings. The molecule has 0 aliphatic heterocycles. The van der Waals surface area contributed by atoms with E-state index in [1.54, 1.807) is 0 Å². The molecule has 0 bridgehead atoms. The van der Waals surface area contributed by atoms with E-state index in [1.165, 1.54) is 0 Å². The molecule has 0 aliphatic rings. The molecule has 0 heterocycles. The largest absolute Gasteiger partial charge is 0.416 e. The van der Waals surface area contributed by atoms with Crippen molar-refractivity contribution in [3.63, 3.8) is 0 Å². The first-order chi connectivity index (χ1) is 16.5. The van der Waals surface area contributed by atoms with Gasteiger partial charge in [0.05, 0.1) is 11.1 Å². The Hall–Kier alpha value is -3.98. The molecule has 16 heteroatoms. The molecule has 0 N–H and O–H groups in total. The van der Waals surface area contributed by atoms with Crippen molar-refractivity contribution in [1.29, 1.82) is 0 Å². The van der Waals surface area contributed by atoms with E-state index in [0.29, 0.717) is 0 Å². The summed E-state index contributed by atoms with van der Waals surface area (Å²) in [6.07, 6.45) is 0.430. The minimum Gasteiger partial charge on any atom is -0.415 e. The Morgan fingerprint density at radius 1 is 0.528 bits per heavy atom. The molecule has 2 aromatic rings. The lowest BCUT2D eigenvalue weighted by Crippen LogP contribution is -2.55. The van der Waals surface area contributed by atoms with Gasteiger partial charge in [0.25, 0.3) is 0 Å². The molecule has 0 amide bonds. The van der Waals surface area contributed by atoms with Gasteiger partial charge in [-0.15, -0.1) is 0 Å². The number of ether oxygens (including phenoxy) is 2. The third-order valence-electron chi connectivity index (χ3n) is 4.22. The van der Waals surface area contributed by atoms with Crippen molar-refractivity contribution in [1.82, 2.24) is 0 Å². The maximum Gasteiger partial charge on any atom is 0.416 e. The van der Waals surface area contributed by atoms with Crippen LogP contribution in [0.4, 0.5) is 52.7 Å². The third kappa shape index (κ3) is 4.26. The van der Waals surface area contributed by atoms with Crippen molar-refractivity contribution < 1.29 is 71.7 Å². The lowest BCUT2D eigenvalue weighted by atomic mass is 10.1. The number of hydrogen-bond acceptors (Lipinski definition) is 4. The fraction of sp³-hybridized carbons (Fsp3) is 0.100. The molecular formula is C20H6F12O4. The molecule has 0 spiro atoms. The van der Waals surface area contributed by atoms with Gasteiger partial charge < -0.3 is 9.47 Å². The van der Waals surface area contributed by atoms with Gasteiger partial charge >= 0.3 is 23.8 Å². The number of benzene rings is 2. The molecular weight excluding hydrogens is 532 g/mol. The van der Waals surface area contributed by atoms with E-state index >= 15 is 0 Å². The van der Waals surface area contributed by atoms with Crippen LogP contribution in [0.2, 0.25) is 0 Å². The predicted molar refractivity (Wildman–Crippen MR) is 93.9 cm³/mol. The van der Waals surface area contributed by atoms with Gasteiger partial charge in [0.1, 0.15) is 0 Å². The minimum absolute atomic E-state index is 0.215. The second-order valence-electron chi connectivity index (χ2n) is 6.33. The normalized spacial score (nSPS) is 11.8. The molecule has 0 saturated heterocycles. The summed E-state index contributed by atoms with van der Waals surface area (Å²) in [6, 6.07) is 0. The van der Waals surface area contributed by atoms with Crippen molar-refractivity contribution in [2.75, 3.05) is 0 Å². The average molecular weight is 538 g/mol. The van der Waals surface area contributed by atoms with Crippen LogP contribution in [-0.2, 0) is 9.59 Å². The van der Waals surface area contributed by atoms with E-state index in [2.05, 4.69) is 22.6 Å². The van der Waals surface area contributed by atoms with Crippen LogP contribution in [0.5, 0.6) is 11.5 Å². The molecule has 0 unspecified atom stereocenters. The van der Waals surface area contributed by atoms with Crippen LogP contribution in [0.1, 0.15) is 11.1 Å². The van der Waals surface area contributed by atoms with Crippen LogP contribution in [-0.4, -0.2) is 23.8 Å². The Labute approximate surface area is 191 Å². The molecule has 36 heavy (non-hydrogen) atoms. The Balaban J connectivity index is 2.46. The summed E-state index contributed by atoms with van der Waals surface area (Å²) in [4.78, 5) is 23.0. The summed E-state index contributed by atoms with van der Waals surface area (Å²) >= 11 is 0. The number of alkyl halides is 4. The van der Waals surface area contributed by atoms with Gasteiger partial charge in [-0.05, 0) is 0 Å². The molecule has 0 aliphatic carbocycles. The Bertz CT molecular complexity index is 1150. The zero-order chi connectivity index (χ0) is 27.9. The first-order valence-electron chi connectivity index (χ1n) is 8.64. The van der Waals surface area contributed by atoms with E-state index in [-0.39, 0.29) is 12.2 Å². The zero-order valence-electron chi connectivity index (χ0n) is 16.7. The van der Waals surface area contributed by atoms with Gasteiger partial charge in [-0.25, -0.2) is 27.2 Å². The Morgan fingerprint density at radius 2 is 0.750 bits per heavy atom. The maximum atomic E-state index is 14.0. The maximum absolute atomic E-state index is 14.0. The number of rotatable bonds is 7. The van der Waals surface area contributed by atoms with Crippen molar-refractivity contribution in [3.8, 4) is 11.5 Å². The fourth-order valence-corrected chi connectivity index (χ4v) is 2.36. The van der Waals surface area contributed by atoms with E-state index in [9.17, 15) is 62.3 Å². The summed E-state index contributed by atoms with van der Waals surface area (Å²) in [6.45, 7) is 5.57. The van der Waals surface area contributed by atoms with E-state index < -0.39 is 92.9 Å². The topological polar surface area (TPSA) is 52.6 Å². The minimum atomic E-state index is -6.52. The molecule has 194 valence electrons. The highest BCUT2D eigenvalue weighted by molar-refractivity contribution is 5.92. The van der Waals surface area contributed by atoms with Crippen molar-refractivity contribution in [2.45, 2.75) is 11.8 Å². The number of carbonyl (C=O) groups is 2. The average Bonchev–Trinajstić information content (AvgIpc) is 2.82. The highest BCUT2D eigenvalue weighted by Crippen LogP contribution is 2.40. The molecule has 0 radical (unpaired) electrons. The molecule has 0 saturated carbocycles. The van der Waals surface area contributed by atoms with E-state index in [4.69, 9.17) is 0 Å². The second kappa shape index (κ2) is 9.58. The van der Waals surface area contributed by atoms with Crippen molar-refractivity contribution in [2.24, 2.45) is 0 Å². The first-order valence-corrected chi connectivity index (χ1v) is 8.64. The van der Waals surface area contributed by atoms with Crippen LogP contribution in [0.15, 0.2) is 13.2 Å². The molecule has 2 rings (SSSR count). The molecule has 0 atom stereocenters. The number of carbonyl (C=O) groups excluding carboxylic acids is 2. The standard InChI is InChI=1S/C20H6F12O4/c1-3-5-7(21)11(25)15(12(26)8(5)22)35-17(33)19(29,30)20(31,32)18(34)36-16-13(27)9(23)6(4-2)10(24)14(16)28/h3-4H,1-2H2. The van der Waals surface area contributed by atoms with Crippen LogP contribution in [0.3, 0.4) is 0 Å². The fourth-order valence-electron chi connectivity index (χ4n) is 2.36. The van der Waals surface area contributed by atoms with Crippen molar-refractivity contribution >= 4 is 24.1 Å². The van der Waals surface area contributed by atoms with E-state index in [0.717, 1.165) is 0 Å². The van der Waals surface area contributed by atoms with Gasteiger partial charge in [-0.1, -0.05) is 25.3 Å². The van der Waals surface area contributed by atoms with Crippen LogP contribution >= 0.6 is 0 Å². The first kappa shape index (κ1) is 28.3. The van der Waals surface area contributed by atoms with Gasteiger partial charge in [0.2, 0.25) is 34.8 Å². The SMILES string of the molecule is C=Cc1c(F)c(F)c(OC(=O)C(F)(F)C(F)(F)C(=O)Oc2c(F)c(F)c(C=C)c(F)c2F)c(F)c1F. The second-order valence-corrected chi connectivity index (χ2v) is 6.33. The van der Waals surface area contributed by atoms with Crippen LogP contribution in [0, 0.1) is 46.5 Å². The summed E-state index contributed by atoms with van der Waals surface area (Å²) in [7, 11) is 0. The van der Waals surface area contributed by atoms with Gasteiger partial charge in [0, 0.05) is 0 Å². The quantitative estimate of drug-likeness (QED) is 0.192. The summed E-state index contributed by atoms with van der Waals surface area (Å²) in [5.41, 5.74) is -3.01. The monoisotopic (exact) mass is 538 g/mol. The zero-order valence-corrected chi connectivity index (χ0v) is 16.7. The number of halogens is 12. The third-order valence-corrected chi connectivity index (χ3v) is 4.22. The van der Waals surface area contributed by atoms with E-state index in [1.807, 2.05) is 0 Å².